The topological polar surface area (TPSA) is 36.4 Å². The van der Waals surface area contributed by atoms with E-state index in [0.29, 0.717) is 12.8 Å². The monoisotopic (exact) mass is 286 g/mol. The quantitative estimate of drug-likeness (QED) is 0.862. The molecule has 3 heterocycles. The molecule has 6 heteroatoms. The lowest BCUT2D eigenvalue weighted by atomic mass is 9.79. The predicted octanol–water partition coefficient (Wildman–Crippen LogP) is 2.54. The summed E-state index contributed by atoms with van der Waals surface area (Å²) in [6.45, 7) is 0. The lowest BCUT2D eigenvalue weighted by molar-refractivity contribution is -0.142. The second-order valence-electron chi connectivity index (χ2n) is 5.91. The van der Waals surface area contributed by atoms with Gasteiger partial charge >= 0.3 is 6.18 Å². The van der Waals surface area contributed by atoms with E-state index in [1.54, 1.807) is 0 Å². The number of aliphatic hydroxyl groups is 1. The van der Waals surface area contributed by atoms with Crippen LogP contribution in [0.25, 0.3) is 0 Å². The molecule has 2 aliphatic heterocycles. The summed E-state index contributed by atoms with van der Waals surface area (Å²) in [5.41, 5.74) is -2.26. The number of piperidine rings is 1. The van der Waals surface area contributed by atoms with Gasteiger partial charge in [0.1, 0.15) is 0 Å². The van der Waals surface area contributed by atoms with Gasteiger partial charge in [-0.3, -0.25) is 4.98 Å². The molecule has 0 amide bonds. The molecule has 2 saturated heterocycles. The molecular formula is C14H17F3N2O. The second kappa shape index (κ2) is 4.43. The minimum Gasteiger partial charge on any atom is -0.385 e. The summed E-state index contributed by atoms with van der Waals surface area (Å²) in [4.78, 5) is 5.97. The van der Waals surface area contributed by atoms with Crippen LogP contribution in [0.4, 0.5) is 13.2 Å². The summed E-state index contributed by atoms with van der Waals surface area (Å²) < 4.78 is 39.3. The number of fused-ring (bicyclic) bond motifs is 2. The molecule has 3 rings (SSSR count). The van der Waals surface area contributed by atoms with Crippen molar-refractivity contribution in [3.05, 3.63) is 29.6 Å². The van der Waals surface area contributed by atoms with Crippen LogP contribution >= 0.6 is 0 Å². The van der Waals surface area contributed by atoms with Crippen molar-refractivity contribution in [3.8, 4) is 0 Å². The third-order valence-electron chi connectivity index (χ3n) is 4.76. The van der Waals surface area contributed by atoms with Gasteiger partial charge in [0.05, 0.1) is 11.2 Å². The molecule has 3 nitrogen and oxygen atoms in total. The van der Waals surface area contributed by atoms with E-state index in [2.05, 4.69) is 9.88 Å². The number of hydrogen-bond acceptors (Lipinski definition) is 3. The smallest absolute Gasteiger partial charge is 0.385 e. The van der Waals surface area contributed by atoms with Crippen LogP contribution in [-0.2, 0) is 11.8 Å². The van der Waals surface area contributed by atoms with E-state index in [0.717, 1.165) is 25.1 Å². The molecule has 0 saturated carbocycles. The number of halogens is 3. The highest BCUT2D eigenvalue weighted by molar-refractivity contribution is 5.33. The molecule has 2 bridgehead atoms. The largest absolute Gasteiger partial charge is 0.416 e. The summed E-state index contributed by atoms with van der Waals surface area (Å²) in [5, 5.41) is 10.8. The van der Waals surface area contributed by atoms with Crippen molar-refractivity contribution >= 4 is 0 Å². The third-order valence-corrected chi connectivity index (χ3v) is 4.76. The Balaban J connectivity index is 2.01. The molecule has 0 aliphatic carbocycles. The van der Waals surface area contributed by atoms with Crippen molar-refractivity contribution in [2.45, 2.75) is 49.5 Å². The van der Waals surface area contributed by atoms with E-state index in [9.17, 15) is 18.3 Å². The van der Waals surface area contributed by atoms with Crippen LogP contribution in [0, 0.1) is 0 Å². The summed E-state index contributed by atoms with van der Waals surface area (Å²) in [6, 6.07) is 1.26. The minimum absolute atomic E-state index is 0.0718. The van der Waals surface area contributed by atoms with Gasteiger partial charge in [-0.1, -0.05) is 0 Å². The zero-order chi connectivity index (χ0) is 14.5. The molecule has 0 spiro atoms. The number of hydrogen-bond donors (Lipinski definition) is 1. The lowest BCUT2D eigenvalue weighted by Crippen LogP contribution is -2.48. The summed E-state index contributed by atoms with van der Waals surface area (Å²) in [7, 11) is 1.98. The van der Waals surface area contributed by atoms with Crippen molar-refractivity contribution in [1.82, 2.24) is 9.88 Å². The molecule has 20 heavy (non-hydrogen) atoms. The third kappa shape index (κ3) is 2.11. The van der Waals surface area contributed by atoms with Gasteiger partial charge in [-0.25, -0.2) is 0 Å². The molecule has 1 aromatic rings. The Bertz CT molecular complexity index is 503. The Hall–Kier alpha value is -1.14. The van der Waals surface area contributed by atoms with Crippen molar-refractivity contribution in [2.24, 2.45) is 0 Å². The SMILES string of the molecule is CN1C2CCC1CC(O)(c1cnccc1C(F)(F)F)C2. The van der Waals surface area contributed by atoms with Crippen LogP contribution in [0.1, 0.15) is 36.8 Å². The molecule has 1 N–H and O–H groups in total. The highest BCUT2D eigenvalue weighted by atomic mass is 19.4. The lowest BCUT2D eigenvalue weighted by Gasteiger charge is -2.43. The average Bonchev–Trinajstić information content (AvgIpc) is 2.62. The first-order chi connectivity index (χ1) is 9.31. The zero-order valence-electron chi connectivity index (χ0n) is 11.2. The number of rotatable bonds is 1. The van der Waals surface area contributed by atoms with Crippen molar-refractivity contribution in [2.75, 3.05) is 7.05 Å². The maximum absolute atomic E-state index is 13.1. The molecule has 0 radical (unpaired) electrons. The van der Waals surface area contributed by atoms with Gasteiger partial charge < -0.3 is 10.0 Å². The number of alkyl halides is 3. The highest BCUT2D eigenvalue weighted by Crippen LogP contribution is 2.47. The van der Waals surface area contributed by atoms with E-state index in [1.165, 1.54) is 6.20 Å². The molecule has 2 aliphatic rings. The summed E-state index contributed by atoms with van der Waals surface area (Å²) in [5.74, 6) is 0. The molecule has 0 aromatic carbocycles. The van der Waals surface area contributed by atoms with E-state index < -0.39 is 17.3 Å². The van der Waals surface area contributed by atoms with Gasteiger partial charge in [0, 0.05) is 30.0 Å². The Morgan fingerprint density at radius 1 is 1.30 bits per heavy atom. The Labute approximate surface area is 115 Å². The van der Waals surface area contributed by atoms with E-state index in [-0.39, 0.29) is 17.6 Å². The number of nitrogens with zero attached hydrogens (tertiary/aromatic N) is 2. The zero-order valence-corrected chi connectivity index (χ0v) is 11.2. The second-order valence-corrected chi connectivity index (χ2v) is 5.91. The normalized spacial score (nSPS) is 34.5. The minimum atomic E-state index is -4.46. The molecule has 110 valence electrons. The van der Waals surface area contributed by atoms with Gasteiger partial charge in [0.15, 0.2) is 0 Å². The molecule has 2 unspecified atom stereocenters. The van der Waals surface area contributed by atoms with Crippen molar-refractivity contribution in [3.63, 3.8) is 0 Å². The van der Waals surface area contributed by atoms with Crippen LogP contribution in [0.15, 0.2) is 18.5 Å². The van der Waals surface area contributed by atoms with Crippen LogP contribution in [0.5, 0.6) is 0 Å². The van der Waals surface area contributed by atoms with E-state index in [1.807, 2.05) is 7.05 Å². The van der Waals surface area contributed by atoms with Gasteiger partial charge in [-0.15, -0.1) is 0 Å². The van der Waals surface area contributed by atoms with E-state index >= 15 is 0 Å². The number of aromatic nitrogens is 1. The van der Waals surface area contributed by atoms with Gasteiger partial charge in [-0.05, 0) is 38.8 Å². The summed E-state index contributed by atoms with van der Waals surface area (Å²) in [6.07, 6.45) is 0.392. The van der Waals surface area contributed by atoms with Crippen LogP contribution in [0.2, 0.25) is 0 Å². The first-order valence-corrected chi connectivity index (χ1v) is 6.77. The molecule has 2 atom stereocenters. The van der Waals surface area contributed by atoms with Crippen LogP contribution in [0.3, 0.4) is 0 Å². The first kappa shape index (κ1) is 13.8. The summed E-state index contributed by atoms with van der Waals surface area (Å²) >= 11 is 0. The maximum atomic E-state index is 13.1. The molecule has 2 fully saturated rings. The maximum Gasteiger partial charge on any atom is 0.416 e. The predicted molar refractivity (Wildman–Crippen MR) is 66.9 cm³/mol. The fourth-order valence-electron chi connectivity index (χ4n) is 3.68. The molecular weight excluding hydrogens is 269 g/mol. The highest BCUT2D eigenvalue weighted by Gasteiger charge is 2.49. The fourth-order valence-corrected chi connectivity index (χ4v) is 3.68. The van der Waals surface area contributed by atoms with Crippen LogP contribution < -0.4 is 0 Å². The van der Waals surface area contributed by atoms with Crippen molar-refractivity contribution < 1.29 is 18.3 Å². The fraction of sp³-hybridized carbons (Fsp3) is 0.643. The number of pyridine rings is 1. The Morgan fingerprint density at radius 3 is 2.45 bits per heavy atom. The van der Waals surface area contributed by atoms with Gasteiger partial charge in [0.2, 0.25) is 0 Å². The van der Waals surface area contributed by atoms with Gasteiger partial charge in [-0.2, -0.15) is 13.2 Å². The Morgan fingerprint density at radius 2 is 1.90 bits per heavy atom. The van der Waals surface area contributed by atoms with Crippen molar-refractivity contribution in [1.29, 1.82) is 0 Å². The van der Waals surface area contributed by atoms with E-state index in [4.69, 9.17) is 0 Å². The Kier molecular flexibility index (Phi) is 3.06. The standard InChI is InChI=1S/C14H17F3N2O/c1-19-9-2-3-10(19)7-13(20,6-9)12-8-18-5-4-11(12)14(15,16)17/h4-5,8-10,20H,2-3,6-7H2,1H3. The molecule has 1 aromatic heterocycles. The van der Waals surface area contributed by atoms with Crippen LogP contribution in [-0.4, -0.2) is 34.1 Å². The average molecular weight is 286 g/mol. The van der Waals surface area contributed by atoms with Gasteiger partial charge in [0.25, 0.3) is 0 Å². The first-order valence-electron chi connectivity index (χ1n) is 6.77.